The van der Waals surface area contributed by atoms with Gasteiger partial charge in [0.25, 0.3) is 5.78 Å². The number of para-hydroxylation sites is 1. The Balaban J connectivity index is 1.75. The number of carbonyl (C=O) groups is 2. The molecule has 0 saturated carbocycles. The molecule has 0 radical (unpaired) electrons. The molecular weight excluding hydrogens is 427 g/mol. The smallest absolute Gasteiger partial charge is 0.301 e. The van der Waals surface area contributed by atoms with Gasteiger partial charge >= 0.3 is 5.91 Å². The van der Waals surface area contributed by atoms with Crippen LogP contribution in [0, 0.1) is 12.7 Å². The highest BCUT2D eigenvalue weighted by Gasteiger charge is 2.49. The van der Waals surface area contributed by atoms with Crippen molar-refractivity contribution in [1.29, 1.82) is 0 Å². The van der Waals surface area contributed by atoms with Gasteiger partial charge in [0, 0.05) is 11.1 Å². The molecule has 0 aliphatic carbocycles. The molecule has 5 nitrogen and oxygen atoms in total. The summed E-state index contributed by atoms with van der Waals surface area (Å²) in [6.45, 7) is 1.90. The number of carbonyl (C=O) groups excluding carboxylic acids is 2. The molecule has 1 atom stereocenters. The van der Waals surface area contributed by atoms with Crippen molar-refractivity contribution >= 4 is 44.1 Å². The number of fused-ring (bicyclic) bond motifs is 1. The number of nitrogens with zero attached hydrogens (tertiary/aromatic N) is 2. The van der Waals surface area contributed by atoms with E-state index in [1.54, 1.807) is 36.4 Å². The highest BCUT2D eigenvalue weighted by atomic mass is 32.1. The van der Waals surface area contributed by atoms with Crippen LogP contribution in [0.3, 0.4) is 0 Å². The van der Waals surface area contributed by atoms with E-state index in [2.05, 4.69) is 4.98 Å². The van der Waals surface area contributed by atoms with Crippen LogP contribution in [0.4, 0.5) is 9.52 Å². The van der Waals surface area contributed by atoms with Gasteiger partial charge in [0.2, 0.25) is 0 Å². The first-order valence-electron chi connectivity index (χ1n) is 9.94. The molecule has 1 aliphatic heterocycles. The van der Waals surface area contributed by atoms with E-state index in [1.165, 1.54) is 34.4 Å². The lowest BCUT2D eigenvalue weighted by Gasteiger charge is -2.23. The third-order valence-corrected chi connectivity index (χ3v) is 6.49. The van der Waals surface area contributed by atoms with Crippen molar-refractivity contribution in [2.45, 2.75) is 13.0 Å². The normalized spacial score (nSPS) is 17.9. The number of aliphatic hydroxyl groups excluding tert-OH is 1. The SMILES string of the molecule is Cc1ccc(C(O)=C2C(=O)C(=O)N(c3nc4ccccc4s3)C2c2ccccc2F)cc1. The lowest BCUT2D eigenvalue weighted by atomic mass is 9.95. The number of halogens is 1. The van der Waals surface area contributed by atoms with Crippen LogP contribution in [-0.2, 0) is 9.59 Å². The lowest BCUT2D eigenvalue weighted by molar-refractivity contribution is -0.132. The highest BCUT2D eigenvalue weighted by Crippen LogP contribution is 2.44. The molecule has 158 valence electrons. The third kappa shape index (κ3) is 3.18. The van der Waals surface area contributed by atoms with Gasteiger partial charge in [-0.25, -0.2) is 9.37 Å². The van der Waals surface area contributed by atoms with E-state index in [4.69, 9.17) is 0 Å². The number of ketones is 1. The van der Waals surface area contributed by atoms with Crippen LogP contribution >= 0.6 is 11.3 Å². The molecule has 2 heterocycles. The highest BCUT2D eigenvalue weighted by molar-refractivity contribution is 7.22. The summed E-state index contributed by atoms with van der Waals surface area (Å²) in [5, 5.41) is 11.3. The van der Waals surface area contributed by atoms with Gasteiger partial charge in [-0.05, 0) is 25.1 Å². The maximum atomic E-state index is 14.9. The van der Waals surface area contributed by atoms with Gasteiger partial charge < -0.3 is 5.11 Å². The number of hydrogen-bond acceptors (Lipinski definition) is 5. The monoisotopic (exact) mass is 444 g/mol. The quantitative estimate of drug-likeness (QED) is 0.262. The third-order valence-electron chi connectivity index (χ3n) is 5.46. The first kappa shape index (κ1) is 20.1. The Bertz CT molecular complexity index is 1380. The molecule has 1 N–H and O–H groups in total. The van der Waals surface area contributed by atoms with Gasteiger partial charge in [0.1, 0.15) is 17.6 Å². The average Bonchev–Trinajstić information content (AvgIpc) is 3.33. The Morgan fingerprint density at radius 3 is 2.41 bits per heavy atom. The van der Waals surface area contributed by atoms with E-state index in [9.17, 15) is 19.1 Å². The largest absolute Gasteiger partial charge is 0.507 e. The zero-order valence-electron chi connectivity index (χ0n) is 16.9. The number of aliphatic hydroxyl groups is 1. The van der Waals surface area contributed by atoms with Crippen LogP contribution in [-0.4, -0.2) is 21.8 Å². The number of aromatic nitrogens is 1. The maximum absolute atomic E-state index is 14.9. The summed E-state index contributed by atoms with van der Waals surface area (Å²) in [6, 6.07) is 19.0. The van der Waals surface area contributed by atoms with E-state index in [0.29, 0.717) is 11.1 Å². The van der Waals surface area contributed by atoms with Gasteiger partial charge in [0.15, 0.2) is 5.13 Å². The number of aryl methyl sites for hydroxylation is 1. The fraction of sp³-hybridized carbons (Fsp3) is 0.0800. The first-order chi connectivity index (χ1) is 15.5. The van der Waals surface area contributed by atoms with Gasteiger partial charge in [-0.2, -0.15) is 0 Å². The van der Waals surface area contributed by atoms with Crippen LogP contribution in [0.25, 0.3) is 16.0 Å². The number of anilines is 1. The molecule has 0 bridgehead atoms. The second-order valence-electron chi connectivity index (χ2n) is 7.52. The molecule has 0 spiro atoms. The van der Waals surface area contributed by atoms with E-state index in [0.717, 1.165) is 10.3 Å². The zero-order chi connectivity index (χ0) is 22.4. The summed E-state index contributed by atoms with van der Waals surface area (Å²) < 4.78 is 15.7. The maximum Gasteiger partial charge on any atom is 0.301 e. The molecule has 1 amide bonds. The zero-order valence-corrected chi connectivity index (χ0v) is 17.8. The van der Waals surface area contributed by atoms with E-state index >= 15 is 0 Å². The molecule has 1 saturated heterocycles. The number of amides is 1. The Labute approximate surface area is 187 Å². The van der Waals surface area contributed by atoms with Crippen molar-refractivity contribution in [1.82, 2.24) is 4.98 Å². The lowest BCUT2D eigenvalue weighted by Crippen LogP contribution is -2.29. The Morgan fingerprint density at radius 1 is 1.00 bits per heavy atom. The van der Waals surface area contributed by atoms with Crippen molar-refractivity contribution < 1.29 is 19.1 Å². The van der Waals surface area contributed by atoms with E-state index in [-0.39, 0.29) is 22.0 Å². The Hall–Kier alpha value is -3.84. The van der Waals surface area contributed by atoms with Crippen molar-refractivity contribution in [2.75, 3.05) is 4.90 Å². The standard InChI is InChI=1S/C25H17FN2O3S/c1-14-10-12-15(13-11-14)22(29)20-21(16-6-2-3-7-17(16)26)28(24(31)23(20)30)25-27-18-8-4-5-9-19(18)32-25/h2-13,21,29H,1H3. The van der Waals surface area contributed by atoms with Gasteiger partial charge in [-0.1, -0.05) is 71.5 Å². The number of benzene rings is 3. The van der Waals surface area contributed by atoms with Crippen molar-refractivity contribution in [3.63, 3.8) is 0 Å². The number of rotatable bonds is 3. The van der Waals surface area contributed by atoms with Crippen LogP contribution < -0.4 is 4.90 Å². The first-order valence-corrected chi connectivity index (χ1v) is 10.8. The fourth-order valence-corrected chi connectivity index (χ4v) is 4.84. The van der Waals surface area contributed by atoms with E-state index in [1.807, 2.05) is 25.1 Å². The summed E-state index contributed by atoms with van der Waals surface area (Å²) in [6.07, 6.45) is 0. The second-order valence-corrected chi connectivity index (χ2v) is 8.53. The summed E-state index contributed by atoms with van der Waals surface area (Å²) in [7, 11) is 0. The molecule has 1 aliphatic rings. The molecule has 5 rings (SSSR count). The van der Waals surface area contributed by atoms with Gasteiger partial charge in [-0.15, -0.1) is 0 Å². The molecule has 3 aromatic carbocycles. The van der Waals surface area contributed by atoms with Crippen LogP contribution in [0.2, 0.25) is 0 Å². The molecular formula is C25H17FN2O3S. The van der Waals surface area contributed by atoms with Crippen LogP contribution in [0.1, 0.15) is 22.7 Å². The van der Waals surface area contributed by atoms with Gasteiger partial charge in [0.05, 0.1) is 15.8 Å². The van der Waals surface area contributed by atoms with Crippen molar-refractivity contribution in [3.8, 4) is 0 Å². The minimum atomic E-state index is -1.14. The summed E-state index contributed by atoms with van der Waals surface area (Å²) in [5.41, 5.74) is 1.96. The van der Waals surface area contributed by atoms with Gasteiger partial charge in [-0.3, -0.25) is 14.5 Å². The van der Waals surface area contributed by atoms with E-state index < -0.39 is 23.5 Å². The topological polar surface area (TPSA) is 70.5 Å². The second kappa shape index (κ2) is 7.69. The number of hydrogen-bond donors (Lipinski definition) is 1. The molecule has 1 unspecified atom stereocenters. The predicted octanol–water partition coefficient (Wildman–Crippen LogP) is 5.37. The molecule has 1 fully saturated rings. The number of thiazole rings is 1. The van der Waals surface area contributed by atoms with Crippen molar-refractivity contribution in [2.24, 2.45) is 0 Å². The Kier molecular flexibility index (Phi) is 4.83. The summed E-state index contributed by atoms with van der Waals surface area (Å²) >= 11 is 1.23. The minimum Gasteiger partial charge on any atom is -0.507 e. The van der Waals surface area contributed by atoms with Crippen molar-refractivity contribution in [3.05, 3.63) is 101 Å². The average molecular weight is 444 g/mol. The molecule has 1 aromatic heterocycles. The van der Waals surface area contributed by atoms with Crippen LogP contribution in [0.15, 0.2) is 78.4 Å². The molecule has 7 heteroatoms. The minimum absolute atomic E-state index is 0.111. The molecule has 32 heavy (non-hydrogen) atoms. The summed E-state index contributed by atoms with van der Waals surface area (Å²) in [4.78, 5) is 32.0. The Morgan fingerprint density at radius 2 is 1.69 bits per heavy atom. The fourth-order valence-electron chi connectivity index (χ4n) is 3.85. The predicted molar refractivity (Wildman–Crippen MR) is 122 cm³/mol. The summed E-state index contributed by atoms with van der Waals surface area (Å²) in [5.74, 6) is -2.66. The molecule has 4 aromatic rings. The van der Waals surface area contributed by atoms with Crippen LogP contribution in [0.5, 0.6) is 0 Å². The number of Topliss-reactive ketones (excluding diaryl/α,β-unsaturated/α-hetero) is 1.